The molecule has 1 fully saturated rings. The second-order valence-electron chi connectivity index (χ2n) is 7.66. The van der Waals surface area contributed by atoms with Crippen molar-refractivity contribution in [2.45, 2.75) is 31.0 Å². The maximum Gasteiger partial charge on any atom is 0.138 e. The molecule has 0 saturated carbocycles. The van der Waals surface area contributed by atoms with E-state index in [1.165, 1.54) is 5.56 Å². The number of piperidine rings is 1. The van der Waals surface area contributed by atoms with Gasteiger partial charge in [-0.05, 0) is 42.6 Å². The molecule has 0 spiro atoms. The van der Waals surface area contributed by atoms with Gasteiger partial charge in [-0.1, -0.05) is 54.6 Å². The lowest BCUT2D eigenvalue weighted by Crippen LogP contribution is -2.47. The fourth-order valence-corrected chi connectivity index (χ4v) is 4.45. The molecular formula is C25H25N3O. The standard InChI is InChI=1S/C25H25N3O/c1-2-7-18(8-3-1)24-22(12-6-15-27-24)28-23(20-10-5-14-26-17-20)21-11-4-9-19-13-16-29-25(19)21/h1-5,7-11,13-14,16-17,22-24,27-28H,6,12,15H2. The van der Waals surface area contributed by atoms with Crippen molar-refractivity contribution in [3.05, 3.63) is 102 Å². The molecular weight excluding hydrogens is 358 g/mol. The maximum absolute atomic E-state index is 5.88. The van der Waals surface area contributed by atoms with Crippen molar-refractivity contribution in [2.24, 2.45) is 0 Å². The molecule has 2 N–H and O–H groups in total. The minimum atomic E-state index is 0.00895. The van der Waals surface area contributed by atoms with Gasteiger partial charge in [0.1, 0.15) is 5.58 Å². The van der Waals surface area contributed by atoms with Gasteiger partial charge in [0.25, 0.3) is 0 Å². The summed E-state index contributed by atoms with van der Waals surface area (Å²) in [5.41, 5.74) is 4.56. The molecule has 1 aliphatic heterocycles. The number of aromatic nitrogens is 1. The Bertz CT molecular complexity index is 1060. The van der Waals surface area contributed by atoms with E-state index in [0.717, 1.165) is 41.5 Å². The van der Waals surface area contributed by atoms with Gasteiger partial charge in [-0.3, -0.25) is 4.98 Å². The first-order chi connectivity index (χ1) is 14.4. The number of para-hydroxylation sites is 1. The Kier molecular flexibility index (Phi) is 5.11. The first-order valence-corrected chi connectivity index (χ1v) is 10.3. The molecule has 3 heterocycles. The Morgan fingerprint density at radius 1 is 1.00 bits per heavy atom. The van der Waals surface area contributed by atoms with E-state index in [1.807, 2.05) is 24.5 Å². The molecule has 0 bridgehead atoms. The minimum Gasteiger partial charge on any atom is -0.464 e. The number of rotatable bonds is 5. The largest absolute Gasteiger partial charge is 0.464 e. The van der Waals surface area contributed by atoms with E-state index < -0.39 is 0 Å². The van der Waals surface area contributed by atoms with Crippen LogP contribution in [0.2, 0.25) is 0 Å². The monoisotopic (exact) mass is 383 g/mol. The van der Waals surface area contributed by atoms with Gasteiger partial charge < -0.3 is 15.1 Å². The fraction of sp³-hybridized carbons (Fsp3) is 0.240. The third-order valence-corrected chi connectivity index (χ3v) is 5.84. The highest BCUT2D eigenvalue weighted by Gasteiger charge is 2.30. The van der Waals surface area contributed by atoms with E-state index >= 15 is 0 Å². The second-order valence-corrected chi connectivity index (χ2v) is 7.66. The number of hydrogen-bond acceptors (Lipinski definition) is 4. The summed E-state index contributed by atoms with van der Waals surface area (Å²) in [6.07, 6.45) is 7.82. The maximum atomic E-state index is 5.88. The number of nitrogens with zero attached hydrogens (tertiary/aromatic N) is 1. The fourth-order valence-electron chi connectivity index (χ4n) is 4.45. The molecule has 3 atom stereocenters. The molecule has 4 heteroatoms. The van der Waals surface area contributed by atoms with Crippen LogP contribution in [0.3, 0.4) is 0 Å². The average molecular weight is 383 g/mol. The van der Waals surface area contributed by atoms with Crippen molar-refractivity contribution < 1.29 is 4.42 Å². The van der Waals surface area contributed by atoms with Gasteiger partial charge in [-0.25, -0.2) is 0 Å². The average Bonchev–Trinajstić information content (AvgIpc) is 3.28. The highest BCUT2D eigenvalue weighted by atomic mass is 16.3. The van der Waals surface area contributed by atoms with Gasteiger partial charge in [0.15, 0.2) is 0 Å². The molecule has 0 amide bonds. The lowest BCUT2D eigenvalue weighted by atomic mass is 9.89. The Balaban J connectivity index is 1.54. The lowest BCUT2D eigenvalue weighted by molar-refractivity contribution is 0.292. The van der Waals surface area contributed by atoms with Crippen molar-refractivity contribution in [2.75, 3.05) is 6.54 Å². The Morgan fingerprint density at radius 2 is 1.93 bits per heavy atom. The number of furan rings is 1. The Labute approximate surface area is 171 Å². The zero-order valence-corrected chi connectivity index (χ0v) is 16.3. The smallest absolute Gasteiger partial charge is 0.138 e. The molecule has 0 aliphatic carbocycles. The molecule has 146 valence electrons. The summed E-state index contributed by atoms with van der Waals surface area (Å²) in [4.78, 5) is 4.38. The number of fused-ring (bicyclic) bond motifs is 1. The van der Waals surface area contributed by atoms with Crippen LogP contribution in [-0.4, -0.2) is 17.6 Å². The van der Waals surface area contributed by atoms with Crippen LogP contribution in [0, 0.1) is 0 Å². The summed E-state index contributed by atoms with van der Waals surface area (Å²) in [5, 5.41) is 8.81. The Hall–Kier alpha value is -2.95. The molecule has 4 aromatic rings. The van der Waals surface area contributed by atoms with Crippen molar-refractivity contribution >= 4 is 11.0 Å². The van der Waals surface area contributed by atoms with Crippen LogP contribution in [0.4, 0.5) is 0 Å². The molecule has 3 unspecified atom stereocenters. The van der Waals surface area contributed by atoms with E-state index in [4.69, 9.17) is 4.42 Å². The van der Waals surface area contributed by atoms with Crippen LogP contribution in [0.5, 0.6) is 0 Å². The Morgan fingerprint density at radius 3 is 2.79 bits per heavy atom. The third kappa shape index (κ3) is 3.69. The molecule has 29 heavy (non-hydrogen) atoms. The predicted molar refractivity (Wildman–Crippen MR) is 116 cm³/mol. The topological polar surface area (TPSA) is 50.1 Å². The van der Waals surface area contributed by atoms with E-state index in [-0.39, 0.29) is 12.1 Å². The molecule has 4 nitrogen and oxygen atoms in total. The SMILES string of the molecule is c1ccc(C2NCCCC2NC(c2cccnc2)c2cccc3ccoc23)cc1. The quantitative estimate of drug-likeness (QED) is 0.509. The second kappa shape index (κ2) is 8.19. The van der Waals surface area contributed by atoms with Gasteiger partial charge in [0, 0.05) is 35.4 Å². The van der Waals surface area contributed by atoms with Crippen LogP contribution in [0.1, 0.15) is 41.6 Å². The summed E-state index contributed by atoms with van der Waals surface area (Å²) in [6, 6.07) is 23.8. The van der Waals surface area contributed by atoms with Crippen molar-refractivity contribution in [1.82, 2.24) is 15.6 Å². The van der Waals surface area contributed by atoms with Gasteiger partial charge in [0.05, 0.1) is 12.3 Å². The van der Waals surface area contributed by atoms with Gasteiger partial charge in [-0.15, -0.1) is 0 Å². The van der Waals surface area contributed by atoms with Gasteiger partial charge >= 0.3 is 0 Å². The van der Waals surface area contributed by atoms with Crippen molar-refractivity contribution in [1.29, 1.82) is 0 Å². The summed E-state index contributed by atoms with van der Waals surface area (Å²) in [7, 11) is 0. The van der Waals surface area contributed by atoms with E-state index in [0.29, 0.717) is 6.04 Å². The summed E-state index contributed by atoms with van der Waals surface area (Å²) in [5.74, 6) is 0. The van der Waals surface area contributed by atoms with Crippen LogP contribution in [0.25, 0.3) is 11.0 Å². The lowest BCUT2D eigenvalue weighted by Gasteiger charge is -2.36. The van der Waals surface area contributed by atoms with Gasteiger partial charge in [0.2, 0.25) is 0 Å². The van der Waals surface area contributed by atoms with Crippen LogP contribution in [0.15, 0.2) is 89.8 Å². The zero-order chi connectivity index (χ0) is 19.5. The van der Waals surface area contributed by atoms with E-state index in [9.17, 15) is 0 Å². The third-order valence-electron chi connectivity index (χ3n) is 5.84. The predicted octanol–water partition coefficient (Wildman–Crippen LogP) is 5.00. The normalized spacial score (nSPS) is 20.6. The molecule has 1 saturated heterocycles. The summed E-state index contributed by atoms with van der Waals surface area (Å²) in [6.45, 7) is 1.04. The summed E-state index contributed by atoms with van der Waals surface area (Å²) >= 11 is 0. The number of pyridine rings is 1. The zero-order valence-electron chi connectivity index (χ0n) is 16.3. The van der Waals surface area contributed by atoms with Crippen molar-refractivity contribution in [3.8, 4) is 0 Å². The molecule has 0 radical (unpaired) electrons. The number of nitrogens with one attached hydrogen (secondary N) is 2. The van der Waals surface area contributed by atoms with E-state index in [1.54, 1.807) is 6.26 Å². The molecule has 1 aliphatic rings. The highest BCUT2D eigenvalue weighted by Crippen LogP contribution is 2.33. The number of hydrogen-bond donors (Lipinski definition) is 2. The first kappa shape index (κ1) is 18.1. The molecule has 2 aromatic carbocycles. The highest BCUT2D eigenvalue weighted by molar-refractivity contribution is 5.81. The number of benzene rings is 2. The molecule has 5 rings (SSSR count). The minimum absolute atomic E-state index is 0.00895. The van der Waals surface area contributed by atoms with E-state index in [2.05, 4.69) is 70.2 Å². The van der Waals surface area contributed by atoms with Crippen LogP contribution < -0.4 is 10.6 Å². The van der Waals surface area contributed by atoms with Crippen LogP contribution in [-0.2, 0) is 0 Å². The molecule has 2 aromatic heterocycles. The summed E-state index contributed by atoms with van der Waals surface area (Å²) < 4.78 is 5.88. The van der Waals surface area contributed by atoms with Gasteiger partial charge in [-0.2, -0.15) is 0 Å². The van der Waals surface area contributed by atoms with Crippen molar-refractivity contribution in [3.63, 3.8) is 0 Å². The van der Waals surface area contributed by atoms with Crippen LogP contribution >= 0.6 is 0 Å². The first-order valence-electron chi connectivity index (χ1n) is 10.3.